The Hall–Kier alpha value is -0.430. The first-order valence-corrected chi connectivity index (χ1v) is 7.55. The molecule has 0 aromatic heterocycles. The van der Waals surface area contributed by atoms with Crippen molar-refractivity contribution in [3.05, 3.63) is 22.7 Å². The van der Waals surface area contributed by atoms with Crippen LogP contribution in [0.5, 0.6) is 11.5 Å². The molecule has 0 bridgehead atoms. The minimum Gasteiger partial charge on any atom is -0.493 e. The zero-order valence-electron chi connectivity index (χ0n) is 13.7. The van der Waals surface area contributed by atoms with Crippen LogP contribution in [-0.4, -0.2) is 44.6 Å². The summed E-state index contributed by atoms with van der Waals surface area (Å²) < 4.78 is 10.8. The molecule has 136 valence electrons. The summed E-state index contributed by atoms with van der Waals surface area (Å²) in [5.41, 5.74) is 1.04. The van der Waals surface area contributed by atoms with Gasteiger partial charge >= 0.3 is 0 Å². The Morgan fingerprint density at radius 1 is 1.22 bits per heavy atom. The predicted molar refractivity (Wildman–Crippen MR) is 99.9 cm³/mol. The number of benzene rings is 1. The number of ether oxygens (including phenoxy) is 2. The second kappa shape index (κ2) is 14.0. The zero-order chi connectivity index (χ0) is 15.7. The fourth-order valence-corrected chi connectivity index (χ4v) is 2.17. The number of hydrogen-bond acceptors (Lipinski definition) is 5. The first-order valence-electron chi connectivity index (χ1n) is 7.17. The van der Waals surface area contributed by atoms with E-state index < -0.39 is 0 Å². The first kappa shape index (κ1) is 24.8. The number of methoxy groups -OCH3 is 1. The van der Waals surface area contributed by atoms with E-state index in [4.69, 9.17) is 26.2 Å². The lowest BCUT2D eigenvalue weighted by atomic mass is 10.2. The minimum atomic E-state index is -0.320. The smallest absolute Gasteiger partial charge is 0.179 e. The highest BCUT2D eigenvalue weighted by atomic mass is 35.5. The third kappa shape index (κ3) is 9.45. The molecule has 8 heteroatoms. The molecule has 0 aliphatic rings. The lowest BCUT2D eigenvalue weighted by Gasteiger charge is -2.13. The zero-order valence-corrected chi connectivity index (χ0v) is 16.1. The van der Waals surface area contributed by atoms with E-state index in [0.29, 0.717) is 36.2 Å². The lowest BCUT2D eigenvalue weighted by molar-refractivity contribution is 0.191. The third-order valence-electron chi connectivity index (χ3n) is 2.83. The molecule has 1 atom stereocenters. The molecule has 0 heterocycles. The van der Waals surface area contributed by atoms with Gasteiger partial charge in [0.25, 0.3) is 0 Å². The van der Waals surface area contributed by atoms with E-state index >= 15 is 0 Å². The molecule has 0 spiro atoms. The maximum Gasteiger partial charge on any atom is 0.179 e. The van der Waals surface area contributed by atoms with Gasteiger partial charge in [-0.15, -0.1) is 24.8 Å². The van der Waals surface area contributed by atoms with Crippen LogP contribution in [0.4, 0.5) is 0 Å². The van der Waals surface area contributed by atoms with Crippen molar-refractivity contribution in [2.24, 2.45) is 0 Å². The van der Waals surface area contributed by atoms with E-state index in [-0.39, 0.29) is 30.9 Å². The standard InChI is InChI=1S/C15H25ClN2O3.2ClH/c1-4-21-15-13(16)7-12(8-14(15)20-3)10-18-6-5-17-9-11(2)19;;/h7-8,11,17-19H,4-6,9-10H2,1-3H3;2*1H. The van der Waals surface area contributed by atoms with Crippen molar-refractivity contribution in [2.75, 3.05) is 33.4 Å². The molecule has 0 aliphatic carbocycles. The molecule has 1 rings (SSSR count). The highest BCUT2D eigenvalue weighted by Crippen LogP contribution is 2.36. The van der Waals surface area contributed by atoms with Crippen LogP contribution in [0.25, 0.3) is 0 Å². The number of aliphatic hydroxyl groups is 1. The summed E-state index contributed by atoms with van der Waals surface area (Å²) in [5.74, 6) is 1.23. The van der Waals surface area contributed by atoms with Crippen LogP contribution in [0, 0.1) is 0 Å². The molecule has 0 amide bonds. The highest BCUT2D eigenvalue weighted by Gasteiger charge is 2.11. The molecule has 5 nitrogen and oxygen atoms in total. The van der Waals surface area contributed by atoms with Gasteiger partial charge in [0.05, 0.1) is 24.8 Å². The second-order valence-electron chi connectivity index (χ2n) is 4.77. The Bertz CT molecular complexity index is 435. The van der Waals surface area contributed by atoms with Gasteiger partial charge in [0.15, 0.2) is 11.5 Å². The number of rotatable bonds is 10. The maximum atomic E-state index is 9.12. The van der Waals surface area contributed by atoms with Crippen LogP contribution in [-0.2, 0) is 6.54 Å². The van der Waals surface area contributed by atoms with Gasteiger partial charge in [-0.3, -0.25) is 0 Å². The van der Waals surface area contributed by atoms with Crippen LogP contribution in [0.3, 0.4) is 0 Å². The average molecular weight is 390 g/mol. The molecule has 1 unspecified atom stereocenters. The number of halogens is 3. The Kier molecular flexibility index (Phi) is 15.1. The molecule has 1 aromatic rings. The molecule has 1 aromatic carbocycles. The number of hydrogen-bond donors (Lipinski definition) is 3. The van der Waals surface area contributed by atoms with Crippen molar-refractivity contribution < 1.29 is 14.6 Å². The van der Waals surface area contributed by atoms with Gasteiger partial charge in [-0.2, -0.15) is 0 Å². The molecule has 3 N–H and O–H groups in total. The van der Waals surface area contributed by atoms with Gasteiger partial charge in [-0.25, -0.2) is 0 Å². The van der Waals surface area contributed by atoms with E-state index in [1.807, 2.05) is 19.1 Å². The molecular weight excluding hydrogens is 363 g/mol. The largest absolute Gasteiger partial charge is 0.493 e. The number of nitrogens with one attached hydrogen (secondary N) is 2. The summed E-state index contributed by atoms with van der Waals surface area (Å²) in [7, 11) is 1.60. The van der Waals surface area contributed by atoms with Crippen molar-refractivity contribution in [2.45, 2.75) is 26.5 Å². The lowest BCUT2D eigenvalue weighted by Crippen LogP contribution is -2.31. The SMILES string of the molecule is CCOc1c(Cl)cc(CNCCNCC(C)O)cc1OC.Cl.Cl. The summed E-state index contributed by atoms with van der Waals surface area (Å²) >= 11 is 6.22. The summed E-state index contributed by atoms with van der Waals surface area (Å²) in [5, 5.41) is 16.1. The van der Waals surface area contributed by atoms with E-state index in [2.05, 4.69) is 10.6 Å². The monoisotopic (exact) mass is 388 g/mol. The summed E-state index contributed by atoms with van der Waals surface area (Å²) in [4.78, 5) is 0. The molecule has 0 radical (unpaired) electrons. The Balaban J connectivity index is 0. The quantitative estimate of drug-likeness (QED) is 0.537. The molecule has 0 aliphatic heterocycles. The fraction of sp³-hybridized carbons (Fsp3) is 0.600. The van der Waals surface area contributed by atoms with E-state index in [9.17, 15) is 0 Å². The minimum absolute atomic E-state index is 0. The molecule has 0 saturated carbocycles. The van der Waals surface area contributed by atoms with Crippen LogP contribution >= 0.6 is 36.4 Å². The van der Waals surface area contributed by atoms with Crippen LogP contribution in [0.2, 0.25) is 5.02 Å². The van der Waals surface area contributed by atoms with Crippen LogP contribution in [0.1, 0.15) is 19.4 Å². The summed E-state index contributed by atoms with van der Waals surface area (Å²) in [6.45, 7) is 7.11. The van der Waals surface area contributed by atoms with Crippen molar-refractivity contribution in [3.63, 3.8) is 0 Å². The van der Waals surface area contributed by atoms with Crippen molar-refractivity contribution in [3.8, 4) is 11.5 Å². The van der Waals surface area contributed by atoms with Gasteiger partial charge in [-0.1, -0.05) is 11.6 Å². The van der Waals surface area contributed by atoms with Gasteiger partial charge in [0.2, 0.25) is 0 Å². The normalized spacial score (nSPS) is 11.2. The molecular formula is C15H27Cl3N2O3. The fourth-order valence-electron chi connectivity index (χ4n) is 1.88. The molecule has 0 saturated heterocycles. The average Bonchev–Trinajstić information content (AvgIpc) is 2.44. The molecule has 0 fully saturated rings. The first-order chi connectivity index (χ1) is 10.1. The van der Waals surface area contributed by atoms with Crippen molar-refractivity contribution >= 4 is 36.4 Å². The second-order valence-corrected chi connectivity index (χ2v) is 5.18. The summed E-state index contributed by atoms with van der Waals surface area (Å²) in [6.07, 6.45) is -0.320. The van der Waals surface area contributed by atoms with Crippen LogP contribution < -0.4 is 20.1 Å². The Morgan fingerprint density at radius 3 is 2.43 bits per heavy atom. The third-order valence-corrected chi connectivity index (χ3v) is 3.11. The van der Waals surface area contributed by atoms with Gasteiger partial charge in [-0.05, 0) is 31.5 Å². The predicted octanol–water partition coefficient (Wildman–Crippen LogP) is 2.65. The van der Waals surface area contributed by atoms with Gasteiger partial charge in [0, 0.05) is 26.2 Å². The van der Waals surface area contributed by atoms with Gasteiger partial charge in [0.1, 0.15) is 0 Å². The summed E-state index contributed by atoms with van der Waals surface area (Å²) in [6, 6.07) is 3.80. The highest BCUT2D eigenvalue weighted by molar-refractivity contribution is 6.32. The Labute approximate surface area is 155 Å². The van der Waals surface area contributed by atoms with Crippen molar-refractivity contribution in [1.29, 1.82) is 0 Å². The number of aliphatic hydroxyl groups excluding tert-OH is 1. The topological polar surface area (TPSA) is 62.8 Å². The van der Waals surface area contributed by atoms with Crippen molar-refractivity contribution in [1.82, 2.24) is 10.6 Å². The van der Waals surface area contributed by atoms with E-state index in [1.165, 1.54) is 0 Å². The van der Waals surface area contributed by atoms with E-state index in [0.717, 1.165) is 18.7 Å². The Morgan fingerprint density at radius 2 is 1.87 bits per heavy atom. The van der Waals surface area contributed by atoms with E-state index in [1.54, 1.807) is 14.0 Å². The van der Waals surface area contributed by atoms with Crippen LogP contribution in [0.15, 0.2) is 12.1 Å². The molecule has 23 heavy (non-hydrogen) atoms. The maximum absolute atomic E-state index is 9.12. The van der Waals surface area contributed by atoms with Gasteiger partial charge < -0.3 is 25.2 Å².